The van der Waals surface area contributed by atoms with E-state index in [0.717, 1.165) is 5.56 Å². The zero-order valence-corrected chi connectivity index (χ0v) is 11.7. The molecule has 4 nitrogen and oxygen atoms in total. The first-order valence-corrected chi connectivity index (χ1v) is 6.64. The van der Waals surface area contributed by atoms with Crippen LogP contribution >= 0.6 is 0 Å². The summed E-state index contributed by atoms with van der Waals surface area (Å²) in [6.45, 7) is -0.0526. The number of ether oxygens (including phenoxy) is 1. The van der Waals surface area contributed by atoms with Crippen molar-refractivity contribution in [2.75, 3.05) is 13.7 Å². The van der Waals surface area contributed by atoms with Gasteiger partial charge in [0, 0.05) is 24.0 Å². The van der Waals surface area contributed by atoms with E-state index < -0.39 is 6.10 Å². The van der Waals surface area contributed by atoms with Crippen LogP contribution in [0.15, 0.2) is 24.3 Å². The van der Waals surface area contributed by atoms with Crippen molar-refractivity contribution in [2.24, 2.45) is 11.8 Å². The molecule has 108 valence electrons. The minimum Gasteiger partial charge on any atom is -0.465 e. The molecule has 21 heavy (non-hydrogen) atoms. The third-order valence-electron chi connectivity index (χ3n) is 3.55. The second-order valence-electron chi connectivity index (χ2n) is 4.84. The molecule has 0 bridgehead atoms. The van der Waals surface area contributed by atoms with Crippen LogP contribution in [0.5, 0.6) is 0 Å². The summed E-state index contributed by atoms with van der Waals surface area (Å²) in [5.41, 5.74) is 1.23. The zero-order valence-electron chi connectivity index (χ0n) is 11.7. The lowest BCUT2D eigenvalue weighted by atomic mass is 9.72. The van der Waals surface area contributed by atoms with Gasteiger partial charge in [0.15, 0.2) is 0 Å². The predicted octanol–water partition coefficient (Wildman–Crippen LogP) is 0.817. The molecule has 1 fully saturated rings. The molecule has 1 aliphatic rings. The highest BCUT2D eigenvalue weighted by Crippen LogP contribution is 2.33. The molecule has 2 unspecified atom stereocenters. The van der Waals surface area contributed by atoms with Crippen LogP contribution in [0.3, 0.4) is 0 Å². The first-order chi connectivity index (χ1) is 10.2. The first kappa shape index (κ1) is 15.1. The maximum absolute atomic E-state index is 11.3. The highest BCUT2D eigenvalue weighted by atomic mass is 16.5. The van der Waals surface area contributed by atoms with Gasteiger partial charge in [0.05, 0.1) is 18.8 Å². The van der Waals surface area contributed by atoms with Gasteiger partial charge in [-0.25, -0.2) is 4.79 Å². The number of esters is 1. The summed E-state index contributed by atoms with van der Waals surface area (Å²) >= 11 is 0. The molecule has 0 heterocycles. The third kappa shape index (κ3) is 3.64. The van der Waals surface area contributed by atoms with E-state index >= 15 is 0 Å². The fourth-order valence-corrected chi connectivity index (χ4v) is 2.14. The molecule has 0 aromatic heterocycles. The van der Waals surface area contributed by atoms with Gasteiger partial charge >= 0.3 is 5.97 Å². The predicted molar refractivity (Wildman–Crippen MR) is 77.1 cm³/mol. The zero-order chi connectivity index (χ0) is 15.2. The van der Waals surface area contributed by atoms with Crippen molar-refractivity contribution in [1.82, 2.24) is 0 Å². The molecule has 0 spiro atoms. The normalized spacial score (nSPS) is 22.9. The average molecular weight is 284 g/mol. The summed E-state index contributed by atoms with van der Waals surface area (Å²) in [7, 11) is 1.34. The number of hydrogen-bond donors (Lipinski definition) is 2. The molecule has 1 aromatic carbocycles. The Morgan fingerprint density at radius 3 is 2.62 bits per heavy atom. The number of aliphatic hydroxyl groups is 2. The molecule has 4 heteroatoms. The Bertz CT molecular complexity index is 625. The van der Waals surface area contributed by atoms with Crippen LogP contribution in [0, 0.1) is 35.5 Å². The summed E-state index contributed by atoms with van der Waals surface area (Å²) in [5.74, 6) is 10.8. The number of carbonyl (C=O) groups excluding carboxylic acids is 1. The van der Waals surface area contributed by atoms with Crippen LogP contribution in [0.4, 0.5) is 0 Å². The van der Waals surface area contributed by atoms with E-state index in [1.165, 1.54) is 7.11 Å². The second kappa shape index (κ2) is 6.95. The molecule has 1 aromatic rings. The molecule has 1 saturated carbocycles. The molecule has 0 amide bonds. The number of carbonyl (C=O) groups is 1. The second-order valence-corrected chi connectivity index (χ2v) is 4.84. The summed E-state index contributed by atoms with van der Waals surface area (Å²) in [6.07, 6.45) is 0.140. The third-order valence-corrected chi connectivity index (χ3v) is 3.55. The van der Waals surface area contributed by atoms with E-state index in [1.54, 1.807) is 24.3 Å². The van der Waals surface area contributed by atoms with Crippen molar-refractivity contribution in [3.05, 3.63) is 35.4 Å². The quantitative estimate of drug-likeness (QED) is 0.623. The number of methoxy groups -OCH3 is 1. The molecule has 2 N–H and O–H groups in total. The molecule has 3 atom stereocenters. The Hall–Kier alpha value is -2.27. The smallest absolute Gasteiger partial charge is 0.337 e. The van der Waals surface area contributed by atoms with Gasteiger partial charge in [-0.3, -0.25) is 0 Å². The van der Waals surface area contributed by atoms with E-state index in [-0.39, 0.29) is 24.4 Å². The fraction of sp³-hybridized carbons (Fsp3) is 0.353. The van der Waals surface area contributed by atoms with E-state index in [4.69, 9.17) is 5.11 Å². The van der Waals surface area contributed by atoms with Gasteiger partial charge in [-0.15, -0.1) is 0 Å². The SMILES string of the molecule is COC(=O)c1ccc(C#CC#CC2CC(O)[C@H]2CO)cc1. The Balaban J connectivity index is 1.96. The Kier molecular flexibility index (Phi) is 5.00. The van der Waals surface area contributed by atoms with Crippen molar-refractivity contribution in [1.29, 1.82) is 0 Å². The molecule has 2 rings (SSSR count). The number of benzene rings is 1. The standard InChI is InChI=1S/C17H16O4/c1-21-17(20)13-8-6-12(7-9-13)4-2-3-5-14-10-16(19)15(14)11-18/h6-9,14-16,18-19H,10-11H2,1H3/t14?,15-,16?/m0/s1. The van der Waals surface area contributed by atoms with Crippen LogP contribution < -0.4 is 0 Å². The Morgan fingerprint density at radius 1 is 1.33 bits per heavy atom. The van der Waals surface area contributed by atoms with Gasteiger partial charge in [-0.05, 0) is 42.5 Å². The van der Waals surface area contributed by atoms with Gasteiger partial charge in [0.25, 0.3) is 0 Å². The largest absolute Gasteiger partial charge is 0.465 e. The van der Waals surface area contributed by atoms with E-state index in [2.05, 4.69) is 28.4 Å². The van der Waals surface area contributed by atoms with Crippen LogP contribution in [0.25, 0.3) is 0 Å². The van der Waals surface area contributed by atoms with Crippen molar-refractivity contribution in [3.63, 3.8) is 0 Å². The van der Waals surface area contributed by atoms with E-state index in [9.17, 15) is 9.90 Å². The van der Waals surface area contributed by atoms with Crippen LogP contribution in [-0.4, -0.2) is 36.0 Å². The summed E-state index contributed by atoms with van der Waals surface area (Å²) < 4.78 is 4.61. The van der Waals surface area contributed by atoms with E-state index in [1.807, 2.05) is 0 Å². The lowest BCUT2D eigenvalue weighted by molar-refractivity contribution is -0.0372. The van der Waals surface area contributed by atoms with Crippen LogP contribution in [-0.2, 0) is 4.74 Å². The van der Waals surface area contributed by atoms with Crippen molar-refractivity contribution in [2.45, 2.75) is 12.5 Å². The monoisotopic (exact) mass is 284 g/mol. The maximum atomic E-state index is 11.3. The van der Waals surface area contributed by atoms with Gasteiger partial charge in [-0.2, -0.15) is 0 Å². The number of hydrogen-bond acceptors (Lipinski definition) is 4. The average Bonchev–Trinajstić information content (AvgIpc) is 2.50. The maximum Gasteiger partial charge on any atom is 0.337 e. The van der Waals surface area contributed by atoms with Crippen molar-refractivity contribution >= 4 is 5.97 Å². The molecular weight excluding hydrogens is 268 g/mol. The van der Waals surface area contributed by atoms with E-state index in [0.29, 0.717) is 12.0 Å². The first-order valence-electron chi connectivity index (χ1n) is 6.64. The topological polar surface area (TPSA) is 66.8 Å². The molecule has 0 aliphatic heterocycles. The highest BCUT2D eigenvalue weighted by Gasteiger charge is 2.38. The Morgan fingerprint density at radius 2 is 2.05 bits per heavy atom. The number of aliphatic hydroxyl groups excluding tert-OH is 2. The summed E-state index contributed by atoms with van der Waals surface area (Å²) in [6, 6.07) is 6.75. The van der Waals surface area contributed by atoms with Gasteiger partial charge in [-0.1, -0.05) is 11.8 Å². The minimum atomic E-state index is -0.451. The summed E-state index contributed by atoms with van der Waals surface area (Å²) in [4.78, 5) is 11.3. The fourth-order valence-electron chi connectivity index (χ4n) is 2.14. The Labute approximate surface area is 123 Å². The van der Waals surface area contributed by atoms with Crippen molar-refractivity contribution in [3.8, 4) is 23.7 Å². The van der Waals surface area contributed by atoms with Gasteiger partial charge in [0.1, 0.15) is 0 Å². The molecule has 0 radical (unpaired) electrons. The van der Waals surface area contributed by atoms with Crippen molar-refractivity contribution < 1.29 is 19.7 Å². The molecule has 0 saturated heterocycles. The minimum absolute atomic E-state index is 0.0148. The lowest BCUT2D eigenvalue weighted by Gasteiger charge is -2.37. The summed E-state index contributed by atoms with van der Waals surface area (Å²) in [5, 5.41) is 18.5. The highest BCUT2D eigenvalue weighted by molar-refractivity contribution is 5.89. The lowest BCUT2D eigenvalue weighted by Crippen LogP contribution is -2.42. The van der Waals surface area contributed by atoms with Crippen LogP contribution in [0.1, 0.15) is 22.3 Å². The molecule has 1 aliphatic carbocycles. The molecular formula is C17H16O4. The number of rotatable bonds is 2. The van der Waals surface area contributed by atoms with Gasteiger partial charge in [0.2, 0.25) is 0 Å². The van der Waals surface area contributed by atoms with Crippen LogP contribution in [0.2, 0.25) is 0 Å². The van der Waals surface area contributed by atoms with Gasteiger partial charge < -0.3 is 14.9 Å².